The summed E-state index contributed by atoms with van der Waals surface area (Å²) in [6.07, 6.45) is 3.27. The number of ether oxygens (including phenoxy) is 1. The Morgan fingerprint density at radius 3 is 2.91 bits per heavy atom. The van der Waals surface area contributed by atoms with Crippen molar-refractivity contribution in [3.8, 4) is 5.75 Å². The molecule has 0 radical (unpaired) electrons. The number of amides is 1. The third-order valence-electron chi connectivity index (χ3n) is 5.07. The van der Waals surface area contributed by atoms with Gasteiger partial charge in [0.2, 0.25) is 0 Å². The Hall–Kier alpha value is -3.16. The molecule has 0 bridgehead atoms. The standard InChI is InChI=1S/C24H21ClFN3O2S/c1-15-4-3-5-22(16(15)2)31-13-17-8-23(32-14-17)24(30)28-20-10-27-29(12-20)11-18-6-7-19(26)9-21(18)25/h3-10,12,14H,11,13H2,1-2H3,(H,28,30). The molecule has 0 unspecified atom stereocenters. The lowest BCUT2D eigenvalue weighted by Gasteiger charge is -2.09. The lowest BCUT2D eigenvalue weighted by atomic mass is 10.1. The minimum absolute atomic E-state index is 0.215. The van der Waals surface area contributed by atoms with Gasteiger partial charge in [-0.2, -0.15) is 5.10 Å². The van der Waals surface area contributed by atoms with Gasteiger partial charge in [0.25, 0.3) is 5.91 Å². The first-order valence-corrected chi connectivity index (χ1v) is 11.2. The molecule has 1 N–H and O–H groups in total. The topological polar surface area (TPSA) is 56.1 Å². The van der Waals surface area contributed by atoms with Gasteiger partial charge >= 0.3 is 0 Å². The van der Waals surface area contributed by atoms with Gasteiger partial charge in [0.15, 0.2) is 0 Å². The second kappa shape index (κ2) is 9.54. The van der Waals surface area contributed by atoms with Gasteiger partial charge in [-0.25, -0.2) is 4.39 Å². The first-order valence-electron chi connectivity index (χ1n) is 9.93. The number of halogens is 2. The van der Waals surface area contributed by atoms with E-state index in [4.69, 9.17) is 16.3 Å². The molecule has 2 aromatic heterocycles. The summed E-state index contributed by atoms with van der Waals surface area (Å²) in [5, 5.41) is 9.33. The molecule has 1 amide bonds. The summed E-state index contributed by atoms with van der Waals surface area (Å²) in [6.45, 7) is 4.84. The van der Waals surface area contributed by atoms with Crippen molar-refractivity contribution in [3.05, 3.63) is 98.2 Å². The van der Waals surface area contributed by atoms with E-state index in [1.165, 1.54) is 29.0 Å². The molecule has 8 heteroatoms. The molecule has 2 heterocycles. The largest absolute Gasteiger partial charge is 0.489 e. The van der Waals surface area contributed by atoms with Gasteiger partial charge in [0, 0.05) is 16.8 Å². The highest BCUT2D eigenvalue weighted by Crippen LogP contribution is 2.24. The van der Waals surface area contributed by atoms with Gasteiger partial charge in [-0.1, -0.05) is 29.8 Å². The van der Waals surface area contributed by atoms with E-state index in [1.54, 1.807) is 23.1 Å². The first-order chi connectivity index (χ1) is 15.4. The monoisotopic (exact) mass is 469 g/mol. The SMILES string of the molecule is Cc1cccc(OCc2csc(C(=O)Nc3cnn(Cc4ccc(F)cc4Cl)c3)c2)c1C. The number of nitrogens with zero attached hydrogens (tertiary/aromatic N) is 2. The average molecular weight is 470 g/mol. The van der Waals surface area contributed by atoms with E-state index in [0.29, 0.717) is 28.7 Å². The zero-order chi connectivity index (χ0) is 22.7. The highest BCUT2D eigenvalue weighted by Gasteiger charge is 2.12. The van der Waals surface area contributed by atoms with Crippen molar-refractivity contribution in [2.24, 2.45) is 0 Å². The van der Waals surface area contributed by atoms with Crippen LogP contribution in [0.2, 0.25) is 5.02 Å². The highest BCUT2D eigenvalue weighted by molar-refractivity contribution is 7.12. The Kier molecular flexibility index (Phi) is 6.58. The maximum Gasteiger partial charge on any atom is 0.265 e. The number of hydrogen-bond donors (Lipinski definition) is 1. The summed E-state index contributed by atoms with van der Waals surface area (Å²) in [7, 11) is 0. The molecule has 0 saturated carbocycles. The Balaban J connectivity index is 1.35. The van der Waals surface area contributed by atoms with Crippen LogP contribution >= 0.6 is 22.9 Å². The van der Waals surface area contributed by atoms with Crippen molar-refractivity contribution in [1.82, 2.24) is 9.78 Å². The van der Waals surface area contributed by atoms with Gasteiger partial charge < -0.3 is 10.1 Å². The van der Waals surface area contributed by atoms with Gasteiger partial charge in [-0.05, 0) is 60.2 Å². The van der Waals surface area contributed by atoms with Crippen LogP contribution in [0.5, 0.6) is 5.75 Å². The van der Waals surface area contributed by atoms with Crippen LogP contribution in [0.1, 0.15) is 31.9 Å². The normalized spacial score (nSPS) is 10.9. The van der Waals surface area contributed by atoms with Gasteiger partial charge in [0.1, 0.15) is 18.2 Å². The van der Waals surface area contributed by atoms with Crippen LogP contribution in [0.15, 0.2) is 60.2 Å². The van der Waals surface area contributed by atoms with E-state index in [9.17, 15) is 9.18 Å². The van der Waals surface area contributed by atoms with E-state index in [1.807, 2.05) is 43.5 Å². The fraction of sp³-hybridized carbons (Fsp3) is 0.167. The molecule has 0 aliphatic heterocycles. The molecule has 4 rings (SSSR count). The Bertz CT molecular complexity index is 1270. The van der Waals surface area contributed by atoms with Crippen LogP contribution in [-0.2, 0) is 13.2 Å². The molecule has 0 aliphatic rings. The van der Waals surface area contributed by atoms with Crippen molar-refractivity contribution in [2.45, 2.75) is 27.0 Å². The van der Waals surface area contributed by atoms with E-state index in [0.717, 1.165) is 22.4 Å². The summed E-state index contributed by atoms with van der Waals surface area (Å²) in [5.74, 6) is 0.241. The van der Waals surface area contributed by atoms with Crippen molar-refractivity contribution < 1.29 is 13.9 Å². The third kappa shape index (κ3) is 5.18. The number of nitrogens with one attached hydrogen (secondary N) is 1. The molecule has 4 aromatic rings. The van der Waals surface area contributed by atoms with Crippen molar-refractivity contribution >= 4 is 34.5 Å². The number of benzene rings is 2. The Morgan fingerprint density at radius 1 is 1.25 bits per heavy atom. The van der Waals surface area contributed by atoms with E-state index in [-0.39, 0.29) is 11.7 Å². The number of hydrogen-bond acceptors (Lipinski definition) is 4. The molecule has 2 aromatic carbocycles. The molecule has 0 saturated heterocycles. The number of rotatable bonds is 7. The van der Waals surface area contributed by atoms with E-state index in [2.05, 4.69) is 10.4 Å². The average Bonchev–Trinajstić information content (AvgIpc) is 3.41. The van der Waals surface area contributed by atoms with Crippen molar-refractivity contribution in [2.75, 3.05) is 5.32 Å². The second-order valence-electron chi connectivity index (χ2n) is 7.42. The zero-order valence-electron chi connectivity index (χ0n) is 17.6. The molecule has 164 valence electrons. The molecule has 32 heavy (non-hydrogen) atoms. The number of anilines is 1. The predicted octanol–water partition coefficient (Wildman–Crippen LogP) is 6.23. The number of carbonyl (C=O) groups is 1. The van der Waals surface area contributed by atoms with E-state index >= 15 is 0 Å². The van der Waals surface area contributed by atoms with Gasteiger partial charge in [-0.3, -0.25) is 9.48 Å². The minimum atomic E-state index is -0.387. The Labute approximate surface area is 194 Å². The predicted molar refractivity (Wildman–Crippen MR) is 125 cm³/mol. The van der Waals surface area contributed by atoms with Crippen LogP contribution in [0.25, 0.3) is 0 Å². The molecule has 0 fully saturated rings. The van der Waals surface area contributed by atoms with Crippen LogP contribution in [0.3, 0.4) is 0 Å². The summed E-state index contributed by atoms with van der Waals surface area (Å²) in [6, 6.07) is 12.0. The van der Waals surface area contributed by atoms with Gasteiger partial charge in [0.05, 0.1) is 23.3 Å². The molecule has 0 atom stereocenters. The lowest BCUT2D eigenvalue weighted by Crippen LogP contribution is -2.09. The van der Waals surface area contributed by atoms with Crippen LogP contribution in [0, 0.1) is 19.7 Å². The smallest absolute Gasteiger partial charge is 0.265 e. The number of thiophene rings is 1. The molecular weight excluding hydrogens is 449 g/mol. The number of aromatic nitrogens is 2. The summed E-state index contributed by atoms with van der Waals surface area (Å²) >= 11 is 7.43. The number of aryl methyl sites for hydroxylation is 1. The maximum atomic E-state index is 13.2. The van der Waals surface area contributed by atoms with Gasteiger partial charge in [-0.15, -0.1) is 11.3 Å². The maximum absolute atomic E-state index is 13.2. The van der Waals surface area contributed by atoms with Crippen molar-refractivity contribution in [3.63, 3.8) is 0 Å². The molecular formula is C24H21ClFN3O2S. The highest BCUT2D eigenvalue weighted by atomic mass is 35.5. The molecule has 0 spiro atoms. The molecule has 0 aliphatic carbocycles. The fourth-order valence-corrected chi connectivity index (χ4v) is 4.16. The fourth-order valence-electron chi connectivity index (χ4n) is 3.14. The summed E-state index contributed by atoms with van der Waals surface area (Å²) in [5.41, 5.74) is 4.52. The van der Waals surface area contributed by atoms with Crippen LogP contribution < -0.4 is 10.1 Å². The molecule has 5 nitrogen and oxygen atoms in total. The summed E-state index contributed by atoms with van der Waals surface area (Å²) < 4.78 is 20.8. The van der Waals surface area contributed by atoms with Crippen LogP contribution in [0.4, 0.5) is 10.1 Å². The third-order valence-corrected chi connectivity index (χ3v) is 6.40. The first kappa shape index (κ1) is 22.0. The van der Waals surface area contributed by atoms with Crippen LogP contribution in [-0.4, -0.2) is 15.7 Å². The van der Waals surface area contributed by atoms with E-state index < -0.39 is 0 Å². The minimum Gasteiger partial charge on any atom is -0.489 e. The number of carbonyl (C=O) groups excluding carboxylic acids is 1. The second-order valence-corrected chi connectivity index (χ2v) is 8.74. The quantitative estimate of drug-likeness (QED) is 0.349. The Morgan fingerprint density at radius 2 is 2.09 bits per heavy atom. The zero-order valence-corrected chi connectivity index (χ0v) is 19.1. The van der Waals surface area contributed by atoms with Crippen molar-refractivity contribution in [1.29, 1.82) is 0 Å². The summed E-state index contributed by atoms with van der Waals surface area (Å²) in [4.78, 5) is 13.2. The lowest BCUT2D eigenvalue weighted by molar-refractivity contribution is 0.103.